The zero-order chi connectivity index (χ0) is 10.5. The Morgan fingerprint density at radius 2 is 2.53 bits per heavy atom. The minimum Gasteiger partial charge on any atom is -0.473 e. The Balaban J connectivity index is 1.97. The number of ether oxygens (including phenoxy) is 1. The van der Waals surface area contributed by atoms with Crippen LogP contribution in [0.4, 0.5) is 5.95 Å². The fourth-order valence-electron chi connectivity index (χ4n) is 1.45. The van der Waals surface area contributed by atoms with Gasteiger partial charge in [0.25, 0.3) is 0 Å². The maximum Gasteiger partial charge on any atom is 0.250 e. The molecule has 0 radical (unpaired) electrons. The summed E-state index contributed by atoms with van der Waals surface area (Å²) in [6.45, 7) is 1.87. The molecule has 0 saturated carbocycles. The number of aromatic nitrogens is 2. The third-order valence-electron chi connectivity index (χ3n) is 2.13. The summed E-state index contributed by atoms with van der Waals surface area (Å²) in [5.74, 6) is 0.971. The van der Waals surface area contributed by atoms with Crippen LogP contribution in [0.2, 0.25) is 0 Å². The lowest BCUT2D eigenvalue weighted by Gasteiger charge is -2.11. The van der Waals surface area contributed by atoms with E-state index >= 15 is 0 Å². The molecule has 0 bridgehead atoms. The molecule has 1 atom stereocenters. The lowest BCUT2D eigenvalue weighted by atomic mass is 10.3. The molecule has 2 N–H and O–H groups in total. The molecule has 2 rings (SSSR count). The Bertz CT molecular complexity index is 315. The van der Waals surface area contributed by atoms with Gasteiger partial charge in [-0.25, -0.2) is 10.5 Å². The van der Waals surface area contributed by atoms with Gasteiger partial charge in [0.15, 0.2) is 0 Å². The van der Waals surface area contributed by atoms with Gasteiger partial charge in [-0.3, -0.25) is 4.84 Å². The van der Waals surface area contributed by atoms with Crippen LogP contribution >= 0.6 is 0 Å². The lowest BCUT2D eigenvalue weighted by Crippen LogP contribution is -2.20. The summed E-state index contributed by atoms with van der Waals surface area (Å²) in [5.41, 5.74) is 2.55. The molecular weight excluding hydrogens is 196 g/mol. The van der Waals surface area contributed by atoms with E-state index < -0.39 is 0 Å². The summed E-state index contributed by atoms with van der Waals surface area (Å²) < 4.78 is 5.65. The third-order valence-corrected chi connectivity index (χ3v) is 2.13. The minimum atomic E-state index is 0.204. The second-order valence-corrected chi connectivity index (χ2v) is 3.26. The Kier molecular flexibility index (Phi) is 3.31. The Hall–Kier alpha value is -1.40. The molecule has 0 spiro atoms. The second-order valence-electron chi connectivity index (χ2n) is 3.26. The highest BCUT2D eigenvalue weighted by atomic mass is 16.6. The van der Waals surface area contributed by atoms with Crippen molar-refractivity contribution in [2.45, 2.75) is 12.5 Å². The van der Waals surface area contributed by atoms with Crippen LogP contribution in [0.1, 0.15) is 6.42 Å². The zero-order valence-electron chi connectivity index (χ0n) is 8.56. The van der Waals surface area contributed by atoms with Gasteiger partial charge < -0.3 is 10.1 Å². The second kappa shape index (κ2) is 4.90. The van der Waals surface area contributed by atoms with E-state index in [-0.39, 0.29) is 6.10 Å². The highest BCUT2D eigenvalue weighted by Gasteiger charge is 2.16. The first-order chi connectivity index (χ1) is 7.38. The van der Waals surface area contributed by atoms with Gasteiger partial charge >= 0.3 is 0 Å². The summed E-state index contributed by atoms with van der Waals surface area (Å²) in [5, 5.41) is 3.22. The van der Waals surface area contributed by atoms with Gasteiger partial charge in [-0.05, 0) is 13.0 Å². The molecule has 15 heavy (non-hydrogen) atoms. The van der Waals surface area contributed by atoms with Crippen molar-refractivity contribution in [1.29, 1.82) is 0 Å². The number of anilines is 1. The van der Waals surface area contributed by atoms with E-state index in [2.05, 4.69) is 20.8 Å². The summed E-state index contributed by atoms with van der Waals surface area (Å²) in [4.78, 5) is 12.8. The summed E-state index contributed by atoms with van der Waals surface area (Å²) in [6, 6.07) is 1.74. The molecule has 1 aliphatic heterocycles. The number of nitrogens with zero attached hydrogens (tertiary/aromatic N) is 2. The highest BCUT2D eigenvalue weighted by molar-refractivity contribution is 5.24. The fourth-order valence-corrected chi connectivity index (χ4v) is 1.45. The van der Waals surface area contributed by atoms with Crippen LogP contribution in [0.5, 0.6) is 5.88 Å². The van der Waals surface area contributed by atoms with Crippen LogP contribution in [0.3, 0.4) is 0 Å². The molecule has 6 nitrogen and oxygen atoms in total. The Labute approximate surface area is 88.0 Å². The van der Waals surface area contributed by atoms with Crippen LogP contribution in [-0.2, 0) is 4.84 Å². The standard InChI is InChI=1S/C9H14N4O2/c1-14-13-9-11-5-3-8(12-9)15-7-2-4-10-6-7/h3,5,7,10H,2,4,6H2,1H3,(H,11,12,13). The molecule has 1 fully saturated rings. The number of hydrogen-bond acceptors (Lipinski definition) is 6. The van der Waals surface area contributed by atoms with Crippen molar-refractivity contribution in [3.63, 3.8) is 0 Å². The average molecular weight is 210 g/mol. The van der Waals surface area contributed by atoms with Crippen molar-refractivity contribution >= 4 is 5.95 Å². The fraction of sp³-hybridized carbons (Fsp3) is 0.556. The van der Waals surface area contributed by atoms with E-state index in [1.54, 1.807) is 12.3 Å². The van der Waals surface area contributed by atoms with Crippen LogP contribution in [0.15, 0.2) is 12.3 Å². The van der Waals surface area contributed by atoms with Crippen molar-refractivity contribution in [2.24, 2.45) is 0 Å². The predicted octanol–water partition coefficient (Wildman–Crippen LogP) is 0.191. The van der Waals surface area contributed by atoms with E-state index in [1.807, 2.05) is 0 Å². The molecule has 1 aromatic heterocycles. The normalized spacial score (nSPS) is 20.2. The first-order valence-corrected chi connectivity index (χ1v) is 4.88. The summed E-state index contributed by atoms with van der Waals surface area (Å²) in [6.07, 6.45) is 2.85. The first-order valence-electron chi connectivity index (χ1n) is 4.88. The smallest absolute Gasteiger partial charge is 0.250 e. The van der Waals surface area contributed by atoms with Crippen molar-refractivity contribution < 1.29 is 9.57 Å². The van der Waals surface area contributed by atoms with Gasteiger partial charge in [-0.1, -0.05) is 0 Å². The molecular formula is C9H14N4O2. The molecule has 1 saturated heterocycles. The zero-order valence-corrected chi connectivity index (χ0v) is 8.56. The number of nitrogens with one attached hydrogen (secondary N) is 2. The topological polar surface area (TPSA) is 68.3 Å². The molecule has 0 aromatic carbocycles. The molecule has 82 valence electrons. The largest absolute Gasteiger partial charge is 0.473 e. The molecule has 1 aromatic rings. The van der Waals surface area contributed by atoms with E-state index in [9.17, 15) is 0 Å². The molecule has 1 aliphatic rings. The van der Waals surface area contributed by atoms with Gasteiger partial charge in [0, 0.05) is 18.8 Å². The van der Waals surface area contributed by atoms with Crippen molar-refractivity contribution in [2.75, 3.05) is 25.7 Å². The summed E-state index contributed by atoms with van der Waals surface area (Å²) in [7, 11) is 1.51. The van der Waals surface area contributed by atoms with Crippen LogP contribution in [0.25, 0.3) is 0 Å². The van der Waals surface area contributed by atoms with Crippen LogP contribution < -0.4 is 15.5 Å². The monoisotopic (exact) mass is 210 g/mol. The lowest BCUT2D eigenvalue weighted by molar-refractivity contribution is 0.212. The SMILES string of the molecule is CONc1nccc(OC2CCNC2)n1. The van der Waals surface area contributed by atoms with Crippen molar-refractivity contribution in [1.82, 2.24) is 15.3 Å². The predicted molar refractivity (Wildman–Crippen MR) is 54.6 cm³/mol. The van der Waals surface area contributed by atoms with Crippen molar-refractivity contribution in [3.05, 3.63) is 12.3 Å². The van der Waals surface area contributed by atoms with E-state index in [0.717, 1.165) is 19.5 Å². The van der Waals surface area contributed by atoms with Gasteiger partial charge in [0.2, 0.25) is 11.8 Å². The van der Waals surface area contributed by atoms with Crippen molar-refractivity contribution in [3.8, 4) is 5.88 Å². The maximum absolute atomic E-state index is 5.65. The van der Waals surface area contributed by atoms with Crippen LogP contribution in [0, 0.1) is 0 Å². The number of hydrogen-bond donors (Lipinski definition) is 2. The first kappa shape index (κ1) is 10.1. The third kappa shape index (κ3) is 2.77. The molecule has 0 aliphatic carbocycles. The highest BCUT2D eigenvalue weighted by Crippen LogP contribution is 2.12. The van der Waals surface area contributed by atoms with Gasteiger partial charge in [0.1, 0.15) is 6.10 Å². The van der Waals surface area contributed by atoms with E-state index in [0.29, 0.717) is 11.8 Å². The van der Waals surface area contributed by atoms with E-state index in [4.69, 9.17) is 9.57 Å². The summed E-state index contributed by atoms with van der Waals surface area (Å²) >= 11 is 0. The number of rotatable bonds is 4. The molecule has 1 unspecified atom stereocenters. The Morgan fingerprint density at radius 1 is 1.60 bits per heavy atom. The van der Waals surface area contributed by atoms with Crippen LogP contribution in [-0.4, -0.2) is 36.3 Å². The minimum absolute atomic E-state index is 0.204. The average Bonchev–Trinajstić information content (AvgIpc) is 2.71. The van der Waals surface area contributed by atoms with Gasteiger partial charge in [-0.15, -0.1) is 0 Å². The molecule has 0 amide bonds. The Morgan fingerprint density at radius 3 is 3.27 bits per heavy atom. The van der Waals surface area contributed by atoms with Gasteiger partial charge in [0.05, 0.1) is 7.11 Å². The van der Waals surface area contributed by atoms with E-state index in [1.165, 1.54) is 7.11 Å². The maximum atomic E-state index is 5.65. The molecule has 6 heteroatoms. The molecule has 2 heterocycles. The quantitative estimate of drug-likeness (QED) is 0.691. The van der Waals surface area contributed by atoms with Gasteiger partial charge in [-0.2, -0.15) is 4.98 Å².